The summed E-state index contributed by atoms with van der Waals surface area (Å²) in [6, 6.07) is -0.511. The van der Waals surface area contributed by atoms with E-state index in [1.165, 1.54) is 7.05 Å². The molecule has 0 radical (unpaired) electrons. The number of nitrogens with zero attached hydrogens (tertiary/aromatic N) is 3. The van der Waals surface area contributed by atoms with E-state index in [1.54, 1.807) is 10.9 Å². The lowest BCUT2D eigenvalue weighted by molar-refractivity contribution is -0.120. The van der Waals surface area contributed by atoms with Crippen LogP contribution in [0.5, 0.6) is 0 Å². The molecule has 0 spiro atoms. The Hall–Kier alpha value is -1.96. The number of imide groups is 1. The number of rotatable bonds is 5. The van der Waals surface area contributed by atoms with Crippen LogP contribution in [0.4, 0.5) is 4.79 Å². The molecule has 0 aliphatic heterocycles. The Bertz CT molecular complexity index is 463. The van der Waals surface area contributed by atoms with Gasteiger partial charge in [-0.15, -0.1) is 5.10 Å². The number of aromatic nitrogens is 3. The van der Waals surface area contributed by atoms with Gasteiger partial charge >= 0.3 is 6.03 Å². The Balaban J connectivity index is 2.37. The Labute approximate surface area is 118 Å². The molecule has 0 saturated heterocycles. The van der Waals surface area contributed by atoms with Gasteiger partial charge in [0.15, 0.2) is 0 Å². The molecular formula is C12H22N6O2. The minimum atomic E-state index is -0.511. The van der Waals surface area contributed by atoms with Gasteiger partial charge in [-0.2, -0.15) is 0 Å². The molecular weight excluding hydrogens is 260 g/mol. The number of hydrogen-bond donors (Lipinski definition) is 3. The van der Waals surface area contributed by atoms with Gasteiger partial charge in [-0.1, -0.05) is 5.21 Å². The van der Waals surface area contributed by atoms with E-state index in [9.17, 15) is 9.59 Å². The highest BCUT2D eigenvalue weighted by atomic mass is 16.2. The van der Waals surface area contributed by atoms with E-state index in [0.29, 0.717) is 13.1 Å². The summed E-state index contributed by atoms with van der Waals surface area (Å²) in [5, 5.41) is 15.8. The van der Waals surface area contributed by atoms with Crippen molar-refractivity contribution in [3.05, 3.63) is 11.9 Å². The van der Waals surface area contributed by atoms with Crippen LogP contribution in [0.15, 0.2) is 6.20 Å². The molecule has 3 amide bonds. The van der Waals surface area contributed by atoms with E-state index in [4.69, 9.17) is 0 Å². The molecule has 0 aliphatic carbocycles. The zero-order valence-corrected chi connectivity index (χ0v) is 12.4. The number of hydrogen-bond acceptors (Lipinski definition) is 5. The molecule has 0 unspecified atom stereocenters. The predicted molar refractivity (Wildman–Crippen MR) is 73.8 cm³/mol. The van der Waals surface area contributed by atoms with E-state index < -0.39 is 6.03 Å². The standard InChI is InChI=1S/C12H22N6O2/c1-12(2,3)14-7-9-8-18(17-16-9)6-5-10(19)15-11(20)13-4/h8,14H,5-7H2,1-4H3,(H2,13,15,19,20). The fourth-order valence-electron chi connectivity index (χ4n) is 1.35. The second-order valence-corrected chi connectivity index (χ2v) is 5.45. The smallest absolute Gasteiger partial charge is 0.321 e. The second kappa shape index (κ2) is 6.99. The number of carbonyl (C=O) groups excluding carboxylic acids is 2. The van der Waals surface area contributed by atoms with Gasteiger partial charge in [0.05, 0.1) is 12.2 Å². The molecule has 0 fully saturated rings. The van der Waals surface area contributed by atoms with Crippen molar-refractivity contribution in [1.82, 2.24) is 30.9 Å². The van der Waals surface area contributed by atoms with Crippen molar-refractivity contribution in [1.29, 1.82) is 0 Å². The van der Waals surface area contributed by atoms with Crippen LogP contribution in [0.1, 0.15) is 32.9 Å². The highest BCUT2D eigenvalue weighted by Crippen LogP contribution is 2.01. The zero-order chi connectivity index (χ0) is 15.2. The maximum absolute atomic E-state index is 11.4. The third-order valence-electron chi connectivity index (χ3n) is 2.43. The summed E-state index contributed by atoms with van der Waals surface area (Å²) in [6.07, 6.45) is 1.95. The highest BCUT2D eigenvalue weighted by molar-refractivity contribution is 5.94. The van der Waals surface area contributed by atoms with Gasteiger partial charge in [-0.05, 0) is 20.8 Å². The largest absolute Gasteiger partial charge is 0.341 e. The quantitative estimate of drug-likeness (QED) is 0.706. The van der Waals surface area contributed by atoms with Crippen LogP contribution in [0.25, 0.3) is 0 Å². The molecule has 1 aromatic rings. The SMILES string of the molecule is CNC(=O)NC(=O)CCn1cc(CNC(C)(C)C)nn1. The molecule has 0 atom stereocenters. The van der Waals surface area contributed by atoms with Crippen molar-refractivity contribution in [3.8, 4) is 0 Å². The molecule has 8 heteroatoms. The molecule has 0 aliphatic rings. The first kappa shape index (κ1) is 16.1. The van der Waals surface area contributed by atoms with E-state index in [1.807, 2.05) is 0 Å². The first-order chi connectivity index (χ1) is 9.30. The summed E-state index contributed by atoms with van der Waals surface area (Å²) in [4.78, 5) is 22.3. The van der Waals surface area contributed by atoms with E-state index in [0.717, 1.165) is 5.69 Å². The number of amides is 3. The normalized spacial score (nSPS) is 11.2. The lowest BCUT2D eigenvalue weighted by atomic mass is 10.1. The minimum Gasteiger partial charge on any atom is -0.341 e. The van der Waals surface area contributed by atoms with Crippen LogP contribution in [-0.2, 0) is 17.9 Å². The second-order valence-electron chi connectivity index (χ2n) is 5.45. The maximum atomic E-state index is 11.4. The summed E-state index contributed by atoms with van der Waals surface area (Å²) in [7, 11) is 1.45. The minimum absolute atomic E-state index is 0.0111. The molecule has 1 rings (SSSR count). The molecule has 0 saturated carbocycles. The van der Waals surface area contributed by atoms with Gasteiger partial charge in [0.25, 0.3) is 0 Å². The highest BCUT2D eigenvalue weighted by Gasteiger charge is 2.11. The molecule has 1 aromatic heterocycles. The summed E-state index contributed by atoms with van der Waals surface area (Å²) in [5.41, 5.74) is 0.823. The number of aryl methyl sites for hydroxylation is 1. The van der Waals surface area contributed by atoms with Gasteiger partial charge < -0.3 is 10.6 Å². The fraction of sp³-hybridized carbons (Fsp3) is 0.667. The molecule has 112 valence electrons. The van der Waals surface area contributed by atoms with Crippen LogP contribution < -0.4 is 16.0 Å². The third kappa shape index (κ3) is 6.28. The average molecular weight is 282 g/mol. The molecule has 0 aromatic carbocycles. The first-order valence-corrected chi connectivity index (χ1v) is 6.46. The molecule has 20 heavy (non-hydrogen) atoms. The number of carbonyl (C=O) groups is 2. The van der Waals surface area contributed by atoms with Gasteiger partial charge in [0, 0.05) is 31.7 Å². The number of urea groups is 1. The van der Waals surface area contributed by atoms with Crippen LogP contribution >= 0.6 is 0 Å². The molecule has 8 nitrogen and oxygen atoms in total. The molecule has 3 N–H and O–H groups in total. The summed E-state index contributed by atoms with van der Waals surface area (Å²) >= 11 is 0. The predicted octanol–water partition coefficient (Wildman–Crippen LogP) is 0.0119. The van der Waals surface area contributed by atoms with E-state index in [2.05, 4.69) is 47.0 Å². The van der Waals surface area contributed by atoms with Crippen LogP contribution in [-0.4, -0.2) is 39.5 Å². The lowest BCUT2D eigenvalue weighted by Crippen LogP contribution is -2.37. The van der Waals surface area contributed by atoms with Gasteiger partial charge in [-0.25, -0.2) is 4.79 Å². The maximum Gasteiger partial charge on any atom is 0.321 e. The van der Waals surface area contributed by atoms with E-state index >= 15 is 0 Å². The Morgan fingerprint density at radius 3 is 2.65 bits per heavy atom. The van der Waals surface area contributed by atoms with Gasteiger partial charge in [0.1, 0.15) is 0 Å². The lowest BCUT2D eigenvalue weighted by Gasteiger charge is -2.19. The Kier molecular flexibility index (Phi) is 5.63. The van der Waals surface area contributed by atoms with Crippen molar-refractivity contribution >= 4 is 11.9 Å². The first-order valence-electron chi connectivity index (χ1n) is 6.46. The van der Waals surface area contributed by atoms with Crippen LogP contribution in [0, 0.1) is 0 Å². The topological polar surface area (TPSA) is 101 Å². The Morgan fingerprint density at radius 2 is 2.05 bits per heavy atom. The van der Waals surface area contributed by atoms with Crippen molar-refractivity contribution in [2.24, 2.45) is 0 Å². The van der Waals surface area contributed by atoms with Gasteiger partial charge in [-0.3, -0.25) is 14.8 Å². The van der Waals surface area contributed by atoms with Gasteiger partial charge in [0.2, 0.25) is 5.91 Å². The van der Waals surface area contributed by atoms with E-state index in [-0.39, 0.29) is 17.9 Å². The monoisotopic (exact) mass is 282 g/mol. The van der Waals surface area contributed by atoms with Crippen molar-refractivity contribution in [2.45, 2.75) is 45.8 Å². The average Bonchev–Trinajstić information content (AvgIpc) is 2.81. The van der Waals surface area contributed by atoms with Crippen molar-refractivity contribution in [3.63, 3.8) is 0 Å². The summed E-state index contributed by atoms with van der Waals surface area (Å²) in [6.45, 7) is 7.21. The third-order valence-corrected chi connectivity index (χ3v) is 2.43. The summed E-state index contributed by atoms with van der Waals surface area (Å²) in [5.74, 6) is -0.353. The van der Waals surface area contributed by atoms with Crippen molar-refractivity contribution < 1.29 is 9.59 Å². The molecule has 0 bridgehead atoms. The summed E-state index contributed by atoms with van der Waals surface area (Å²) < 4.78 is 1.59. The van der Waals surface area contributed by atoms with Crippen molar-refractivity contribution in [2.75, 3.05) is 7.05 Å². The molecule has 1 heterocycles. The van der Waals surface area contributed by atoms with Crippen LogP contribution in [0.3, 0.4) is 0 Å². The zero-order valence-electron chi connectivity index (χ0n) is 12.4. The number of nitrogens with one attached hydrogen (secondary N) is 3. The van der Waals surface area contributed by atoms with Crippen LogP contribution in [0.2, 0.25) is 0 Å². The fourth-order valence-corrected chi connectivity index (χ4v) is 1.35. The Morgan fingerprint density at radius 1 is 1.35 bits per heavy atom.